The standard InChI is InChI=1S/C11H21N3O2/c1-8(2)11-13-10(16-14-11)5-6-12-9(3)7-15-4/h8-9,12H,5-7H2,1-4H3. The summed E-state index contributed by atoms with van der Waals surface area (Å²) in [6.45, 7) is 7.71. The Morgan fingerprint density at radius 2 is 2.12 bits per heavy atom. The van der Waals surface area contributed by atoms with Crippen LogP contribution in [-0.4, -0.2) is 36.4 Å². The third-order valence-corrected chi connectivity index (χ3v) is 2.25. The Balaban J connectivity index is 2.26. The largest absolute Gasteiger partial charge is 0.383 e. The Labute approximate surface area is 96.6 Å². The average Bonchev–Trinajstić information content (AvgIpc) is 2.67. The van der Waals surface area contributed by atoms with Gasteiger partial charge in [0.05, 0.1) is 6.61 Å². The predicted octanol–water partition coefficient (Wildman–Crippen LogP) is 1.36. The van der Waals surface area contributed by atoms with Crippen molar-refractivity contribution in [3.05, 3.63) is 11.7 Å². The van der Waals surface area contributed by atoms with E-state index in [1.807, 2.05) is 13.8 Å². The number of methoxy groups -OCH3 is 1. The van der Waals surface area contributed by atoms with E-state index >= 15 is 0 Å². The van der Waals surface area contributed by atoms with E-state index in [2.05, 4.69) is 22.4 Å². The van der Waals surface area contributed by atoms with Crippen LogP contribution < -0.4 is 5.32 Å². The first-order valence-corrected chi connectivity index (χ1v) is 5.68. The third kappa shape index (κ3) is 4.28. The molecule has 0 aliphatic carbocycles. The number of hydrogen-bond acceptors (Lipinski definition) is 5. The maximum atomic E-state index is 5.14. The summed E-state index contributed by atoms with van der Waals surface area (Å²) in [7, 11) is 1.70. The lowest BCUT2D eigenvalue weighted by Gasteiger charge is -2.10. The summed E-state index contributed by atoms with van der Waals surface area (Å²) in [5.74, 6) is 1.79. The average molecular weight is 227 g/mol. The molecule has 0 radical (unpaired) electrons. The van der Waals surface area contributed by atoms with E-state index in [1.165, 1.54) is 0 Å². The first-order valence-electron chi connectivity index (χ1n) is 5.68. The molecular formula is C11H21N3O2. The lowest BCUT2D eigenvalue weighted by molar-refractivity contribution is 0.172. The van der Waals surface area contributed by atoms with Gasteiger partial charge in [-0.2, -0.15) is 4.98 Å². The number of nitrogens with zero attached hydrogens (tertiary/aromatic N) is 2. The summed E-state index contributed by atoms with van der Waals surface area (Å²) in [5, 5.41) is 7.23. The highest BCUT2D eigenvalue weighted by Gasteiger charge is 2.09. The van der Waals surface area contributed by atoms with Crippen LogP contribution in [0.5, 0.6) is 0 Å². The van der Waals surface area contributed by atoms with Crippen LogP contribution in [-0.2, 0) is 11.2 Å². The SMILES string of the molecule is COCC(C)NCCc1nc(C(C)C)no1. The van der Waals surface area contributed by atoms with E-state index in [0.29, 0.717) is 24.5 Å². The molecule has 0 fully saturated rings. The normalized spacial score (nSPS) is 13.3. The summed E-state index contributed by atoms with van der Waals surface area (Å²) >= 11 is 0. The van der Waals surface area contributed by atoms with Gasteiger partial charge in [-0.15, -0.1) is 0 Å². The molecule has 0 saturated carbocycles. The Hall–Kier alpha value is -0.940. The van der Waals surface area contributed by atoms with Crippen molar-refractivity contribution in [3.8, 4) is 0 Å². The van der Waals surface area contributed by atoms with Crippen LogP contribution in [0.2, 0.25) is 0 Å². The number of rotatable bonds is 7. The Morgan fingerprint density at radius 3 is 2.69 bits per heavy atom. The van der Waals surface area contributed by atoms with Gasteiger partial charge in [-0.1, -0.05) is 19.0 Å². The highest BCUT2D eigenvalue weighted by atomic mass is 16.5. The fourth-order valence-electron chi connectivity index (χ4n) is 1.34. The Morgan fingerprint density at radius 1 is 1.38 bits per heavy atom. The highest BCUT2D eigenvalue weighted by molar-refractivity contribution is 4.91. The van der Waals surface area contributed by atoms with E-state index < -0.39 is 0 Å². The quantitative estimate of drug-likeness (QED) is 0.762. The van der Waals surface area contributed by atoms with E-state index in [1.54, 1.807) is 7.11 Å². The van der Waals surface area contributed by atoms with Gasteiger partial charge in [-0.3, -0.25) is 0 Å². The van der Waals surface area contributed by atoms with Gasteiger partial charge in [0, 0.05) is 32.0 Å². The van der Waals surface area contributed by atoms with Gasteiger partial charge in [-0.05, 0) is 6.92 Å². The minimum Gasteiger partial charge on any atom is -0.383 e. The summed E-state index contributed by atoms with van der Waals surface area (Å²) < 4.78 is 10.2. The van der Waals surface area contributed by atoms with Crippen molar-refractivity contribution in [2.45, 2.75) is 39.2 Å². The molecule has 1 heterocycles. The number of hydrogen-bond donors (Lipinski definition) is 1. The monoisotopic (exact) mass is 227 g/mol. The topological polar surface area (TPSA) is 60.2 Å². The predicted molar refractivity (Wildman–Crippen MR) is 61.4 cm³/mol. The summed E-state index contributed by atoms with van der Waals surface area (Å²) in [6.07, 6.45) is 0.758. The van der Waals surface area contributed by atoms with Crippen molar-refractivity contribution >= 4 is 0 Å². The molecule has 1 atom stereocenters. The zero-order chi connectivity index (χ0) is 12.0. The van der Waals surface area contributed by atoms with E-state index in [0.717, 1.165) is 18.8 Å². The smallest absolute Gasteiger partial charge is 0.227 e. The molecule has 1 rings (SSSR count). The lowest BCUT2D eigenvalue weighted by atomic mass is 10.2. The molecule has 1 N–H and O–H groups in total. The molecule has 1 aromatic heterocycles. The van der Waals surface area contributed by atoms with Crippen molar-refractivity contribution in [1.29, 1.82) is 0 Å². The molecule has 1 aromatic rings. The second-order valence-corrected chi connectivity index (χ2v) is 4.26. The maximum Gasteiger partial charge on any atom is 0.227 e. The lowest BCUT2D eigenvalue weighted by Crippen LogP contribution is -2.31. The molecule has 0 aromatic carbocycles. The van der Waals surface area contributed by atoms with Crippen LogP contribution in [0.1, 0.15) is 38.4 Å². The molecule has 0 aliphatic rings. The molecule has 16 heavy (non-hydrogen) atoms. The zero-order valence-corrected chi connectivity index (χ0v) is 10.5. The number of aromatic nitrogens is 2. The van der Waals surface area contributed by atoms with E-state index in [-0.39, 0.29) is 0 Å². The maximum absolute atomic E-state index is 5.14. The van der Waals surface area contributed by atoms with Crippen LogP contribution in [0.15, 0.2) is 4.52 Å². The molecule has 0 spiro atoms. The third-order valence-electron chi connectivity index (χ3n) is 2.25. The van der Waals surface area contributed by atoms with Gasteiger partial charge < -0.3 is 14.6 Å². The van der Waals surface area contributed by atoms with Crippen molar-refractivity contribution < 1.29 is 9.26 Å². The van der Waals surface area contributed by atoms with Crippen LogP contribution in [0, 0.1) is 0 Å². The van der Waals surface area contributed by atoms with Gasteiger partial charge >= 0.3 is 0 Å². The van der Waals surface area contributed by atoms with Crippen molar-refractivity contribution in [1.82, 2.24) is 15.5 Å². The Bertz CT molecular complexity index is 299. The first kappa shape index (κ1) is 13.1. The molecule has 5 heteroatoms. The minimum atomic E-state index is 0.317. The highest BCUT2D eigenvalue weighted by Crippen LogP contribution is 2.09. The van der Waals surface area contributed by atoms with Crippen LogP contribution in [0.25, 0.3) is 0 Å². The molecular weight excluding hydrogens is 206 g/mol. The van der Waals surface area contributed by atoms with Gasteiger partial charge in [0.1, 0.15) is 0 Å². The molecule has 0 bridgehead atoms. The summed E-state index contributed by atoms with van der Waals surface area (Å²) in [4.78, 5) is 4.30. The number of nitrogens with one attached hydrogen (secondary N) is 1. The van der Waals surface area contributed by atoms with Gasteiger partial charge in [0.25, 0.3) is 0 Å². The van der Waals surface area contributed by atoms with Crippen LogP contribution in [0.4, 0.5) is 0 Å². The molecule has 0 amide bonds. The molecule has 0 aliphatic heterocycles. The fraction of sp³-hybridized carbons (Fsp3) is 0.818. The van der Waals surface area contributed by atoms with Gasteiger partial charge in [0.2, 0.25) is 5.89 Å². The van der Waals surface area contributed by atoms with Crippen LogP contribution >= 0.6 is 0 Å². The fourth-order valence-corrected chi connectivity index (χ4v) is 1.34. The minimum absolute atomic E-state index is 0.317. The van der Waals surface area contributed by atoms with Crippen molar-refractivity contribution in [2.75, 3.05) is 20.3 Å². The first-order chi connectivity index (χ1) is 7.63. The summed E-state index contributed by atoms with van der Waals surface area (Å²) in [6, 6.07) is 0.345. The molecule has 0 saturated heterocycles. The van der Waals surface area contributed by atoms with Crippen molar-refractivity contribution in [3.63, 3.8) is 0 Å². The summed E-state index contributed by atoms with van der Waals surface area (Å²) in [5.41, 5.74) is 0. The zero-order valence-electron chi connectivity index (χ0n) is 10.5. The van der Waals surface area contributed by atoms with E-state index in [9.17, 15) is 0 Å². The van der Waals surface area contributed by atoms with Crippen molar-refractivity contribution in [2.24, 2.45) is 0 Å². The second kappa shape index (κ2) is 6.60. The van der Waals surface area contributed by atoms with Crippen LogP contribution in [0.3, 0.4) is 0 Å². The molecule has 1 unspecified atom stereocenters. The number of ether oxygens (including phenoxy) is 1. The Kier molecular flexibility index (Phi) is 5.42. The van der Waals surface area contributed by atoms with E-state index in [4.69, 9.17) is 9.26 Å². The van der Waals surface area contributed by atoms with Gasteiger partial charge in [-0.25, -0.2) is 0 Å². The molecule has 5 nitrogen and oxygen atoms in total. The molecule has 92 valence electrons. The van der Waals surface area contributed by atoms with Gasteiger partial charge in [0.15, 0.2) is 5.82 Å². The second-order valence-electron chi connectivity index (χ2n) is 4.26.